The maximum atomic E-state index is 5.85. The van der Waals surface area contributed by atoms with Gasteiger partial charge < -0.3 is 19.9 Å². The van der Waals surface area contributed by atoms with E-state index in [0.717, 1.165) is 38.7 Å². The van der Waals surface area contributed by atoms with Crippen LogP contribution in [0.1, 0.15) is 44.9 Å². The summed E-state index contributed by atoms with van der Waals surface area (Å²) < 4.78 is 16.9. The van der Waals surface area contributed by atoms with Crippen molar-refractivity contribution in [2.24, 2.45) is 5.73 Å². The van der Waals surface area contributed by atoms with Gasteiger partial charge in [0.1, 0.15) is 0 Å². The first kappa shape index (κ1) is 13.3. The van der Waals surface area contributed by atoms with Gasteiger partial charge in [0, 0.05) is 12.6 Å². The first-order valence-electron chi connectivity index (χ1n) is 6.95. The Morgan fingerprint density at radius 3 is 2.41 bits per heavy atom. The zero-order valence-electron chi connectivity index (χ0n) is 10.6. The van der Waals surface area contributed by atoms with Crippen molar-refractivity contribution in [2.45, 2.75) is 63.4 Å². The SMILES string of the molecule is N[C@H]1CC[C@H](OCCOC2CCCCO2)CC1. The van der Waals surface area contributed by atoms with E-state index in [1.807, 2.05) is 0 Å². The summed E-state index contributed by atoms with van der Waals surface area (Å²) in [7, 11) is 0. The monoisotopic (exact) mass is 243 g/mol. The summed E-state index contributed by atoms with van der Waals surface area (Å²) in [6.07, 6.45) is 8.19. The van der Waals surface area contributed by atoms with Crippen molar-refractivity contribution in [3.05, 3.63) is 0 Å². The van der Waals surface area contributed by atoms with Crippen molar-refractivity contribution in [1.82, 2.24) is 0 Å². The van der Waals surface area contributed by atoms with Gasteiger partial charge >= 0.3 is 0 Å². The van der Waals surface area contributed by atoms with Gasteiger partial charge in [-0.2, -0.15) is 0 Å². The zero-order chi connectivity index (χ0) is 11.9. The fourth-order valence-electron chi connectivity index (χ4n) is 2.49. The minimum Gasteiger partial charge on any atom is -0.376 e. The van der Waals surface area contributed by atoms with E-state index in [9.17, 15) is 0 Å². The lowest BCUT2D eigenvalue weighted by atomic mass is 9.94. The second-order valence-corrected chi connectivity index (χ2v) is 5.07. The Kier molecular flexibility index (Phi) is 5.71. The van der Waals surface area contributed by atoms with E-state index < -0.39 is 0 Å². The summed E-state index contributed by atoms with van der Waals surface area (Å²) in [5.41, 5.74) is 5.85. The van der Waals surface area contributed by atoms with Crippen molar-refractivity contribution in [3.63, 3.8) is 0 Å². The molecular weight excluding hydrogens is 218 g/mol. The van der Waals surface area contributed by atoms with Gasteiger partial charge in [-0.15, -0.1) is 0 Å². The van der Waals surface area contributed by atoms with Crippen LogP contribution in [0.2, 0.25) is 0 Å². The van der Waals surface area contributed by atoms with Crippen LogP contribution in [0.25, 0.3) is 0 Å². The van der Waals surface area contributed by atoms with E-state index in [2.05, 4.69) is 0 Å². The van der Waals surface area contributed by atoms with Crippen molar-refractivity contribution in [3.8, 4) is 0 Å². The second kappa shape index (κ2) is 7.31. The van der Waals surface area contributed by atoms with E-state index in [0.29, 0.717) is 25.4 Å². The van der Waals surface area contributed by atoms with Crippen LogP contribution in [0, 0.1) is 0 Å². The molecule has 1 aliphatic carbocycles. The maximum absolute atomic E-state index is 5.85. The predicted octanol–water partition coefficient (Wildman–Crippen LogP) is 1.82. The van der Waals surface area contributed by atoms with Gasteiger partial charge in [-0.1, -0.05) is 0 Å². The van der Waals surface area contributed by atoms with Crippen LogP contribution in [-0.4, -0.2) is 38.3 Å². The molecule has 0 aromatic carbocycles. The summed E-state index contributed by atoms with van der Waals surface area (Å²) in [6.45, 7) is 2.17. The van der Waals surface area contributed by atoms with Crippen molar-refractivity contribution >= 4 is 0 Å². The quantitative estimate of drug-likeness (QED) is 0.748. The summed E-state index contributed by atoms with van der Waals surface area (Å²) in [4.78, 5) is 0. The topological polar surface area (TPSA) is 53.7 Å². The lowest BCUT2D eigenvalue weighted by Crippen LogP contribution is -2.31. The molecule has 2 rings (SSSR count). The smallest absolute Gasteiger partial charge is 0.157 e. The Hall–Kier alpha value is -0.160. The molecule has 0 bridgehead atoms. The average Bonchev–Trinajstić information content (AvgIpc) is 2.38. The Bertz CT molecular complexity index is 199. The number of hydrogen-bond acceptors (Lipinski definition) is 4. The van der Waals surface area contributed by atoms with Crippen LogP contribution in [0.15, 0.2) is 0 Å². The Labute approximate surface area is 104 Å². The molecule has 1 unspecified atom stereocenters. The van der Waals surface area contributed by atoms with Crippen LogP contribution < -0.4 is 5.73 Å². The minimum absolute atomic E-state index is 0.00660. The van der Waals surface area contributed by atoms with Crippen LogP contribution in [0.5, 0.6) is 0 Å². The molecule has 2 aliphatic rings. The highest BCUT2D eigenvalue weighted by molar-refractivity contribution is 4.74. The van der Waals surface area contributed by atoms with Crippen LogP contribution in [0.4, 0.5) is 0 Å². The average molecular weight is 243 g/mol. The molecule has 1 saturated heterocycles. The molecule has 1 atom stereocenters. The predicted molar refractivity (Wildman–Crippen MR) is 65.7 cm³/mol. The number of rotatable bonds is 5. The van der Waals surface area contributed by atoms with Gasteiger partial charge in [-0.05, 0) is 44.9 Å². The molecule has 1 aliphatic heterocycles. The molecule has 0 radical (unpaired) electrons. The number of ether oxygens (including phenoxy) is 3. The Balaban J connectivity index is 1.48. The summed E-state index contributed by atoms with van der Waals surface area (Å²) in [6, 6.07) is 0.390. The molecule has 1 heterocycles. The first-order valence-corrected chi connectivity index (χ1v) is 6.95. The molecule has 4 nitrogen and oxygen atoms in total. The van der Waals surface area contributed by atoms with E-state index >= 15 is 0 Å². The lowest BCUT2D eigenvalue weighted by molar-refractivity contribution is -0.172. The van der Waals surface area contributed by atoms with E-state index in [4.69, 9.17) is 19.9 Å². The molecule has 1 saturated carbocycles. The van der Waals surface area contributed by atoms with Gasteiger partial charge in [0.25, 0.3) is 0 Å². The lowest BCUT2D eigenvalue weighted by Gasteiger charge is -2.27. The first-order chi connectivity index (χ1) is 8.34. The second-order valence-electron chi connectivity index (χ2n) is 5.07. The summed E-state index contributed by atoms with van der Waals surface area (Å²) in [5.74, 6) is 0. The van der Waals surface area contributed by atoms with Gasteiger partial charge in [0.2, 0.25) is 0 Å². The minimum atomic E-state index is 0.00660. The van der Waals surface area contributed by atoms with E-state index in [1.54, 1.807) is 0 Å². The summed E-state index contributed by atoms with van der Waals surface area (Å²) >= 11 is 0. The van der Waals surface area contributed by atoms with Crippen LogP contribution in [-0.2, 0) is 14.2 Å². The standard InChI is InChI=1S/C13H25NO3/c14-11-4-6-12(7-5-11)15-9-10-17-13-3-1-2-8-16-13/h11-13H,1-10,14H2/t11-,12-,13?. The number of hydrogen-bond donors (Lipinski definition) is 1. The van der Waals surface area contributed by atoms with Crippen LogP contribution in [0.3, 0.4) is 0 Å². The Morgan fingerprint density at radius 1 is 0.941 bits per heavy atom. The third kappa shape index (κ3) is 4.92. The van der Waals surface area contributed by atoms with Crippen molar-refractivity contribution < 1.29 is 14.2 Å². The molecule has 4 heteroatoms. The van der Waals surface area contributed by atoms with Gasteiger partial charge in [0.15, 0.2) is 6.29 Å². The van der Waals surface area contributed by atoms with E-state index in [-0.39, 0.29) is 6.29 Å². The normalized spacial score (nSPS) is 34.8. The molecule has 100 valence electrons. The molecule has 0 aromatic heterocycles. The highest BCUT2D eigenvalue weighted by Gasteiger charge is 2.19. The van der Waals surface area contributed by atoms with Crippen molar-refractivity contribution in [2.75, 3.05) is 19.8 Å². The summed E-state index contributed by atoms with van der Waals surface area (Å²) in [5, 5.41) is 0. The van der Waals surface area contributed by atoms with Crippen molar-refractivity contribution in [1.29, 1.82) is 0 Å². The molecule has 17 heavy (non-hydrogen) atoms. The largest absolute Gasteiger partial charge is 0.376 e. The molecule has 0 amide bonds. The Morgan fingerprint density at radius 2 is 1.71 bits per heavy atom. The third-order valence-electron chi connectivity index (χ3n) is 3.60. The molecule has 2 fully saturated rings. The van der Waals surface area contributed by atoms with Crippen LogP contribution >= 0.6 is 0 Å². The zero-order valence-corrected chi connectivity index (χ0v) is 10.6. The fraction of sp³-hybridized carbons (Fsp3) is 1.00. The molecular formula is C13H25NO3. The number of nitrogens with two attached hydrogens (primary N) is 1. The molecule has 0 spiro atoms. The maximum Gasteiger partial charge on any atom is 0.157 e. The highest BCUT2D eigenvalue weighted by atomic mass is 16.7. The van der Waals surface area contributed by atoms with Gasteiger partial charge in [-0.25, -0.2) is 0 Å². The molecule has 2 N–H and O–H groups in total. The van der Waals surface area contributed by atoms with E-state index in [1.165, 1.54) is 12.8 Å². The highest BCUT2D eigenvalue weighted by Crippen LogP contribution is 2.19. The van der Waals surface area contributed by atoms with Gasteiger partial charge in [0.05, 0.1) is 19.3 Å². The third-order valence-corrected chi connectivity index (χ3v) is 3.60. The fourth-order valence-corrected chi connectivity index (χ4v) is 2.49. The van der Waals surface area contributed by atoms with Gasteiger partial charge in [-0.3, -0.25) is 0 Å². The molecule has 0 aromatic rings.